The first-order valence-electron chi connectivity index (χ1n) is 8.36. The Balaban J connectivity index is 2.04. The summed E-state index contributed by atoms with van der Waals surface area (Å²) in [6, 6.07) is 15.0. The molecule has 0 radical (unpaired) electrons. The van der Waals surface area contributed by atoms with Crippen LogP contribution < -0.4 is 0 Å². The lowest BCUT2D eigenvalue weighted by Gasteiger charge is -2.21. The third-order valence-corrected chi connectivity index (χ3v) is 6.50. The molecule has 0 bridgehead atoms. The molecule has 3 rings (SSSR count). The molecule has 2 nitrogen and oxygen atoms in total. The fraction of sp³-hybridized carbons (Fsp3) is 0.286. The van der Waals surface area contributed by atoms with Gasteiger partial charge in [0, 0.05) is 5.56 Å². The van der Waals surface area contributed by atoms with Crippen LogP contribution in [0, 0.1) is 6.92 Å². The third-order valence-electron chi connectivity index (χ3n) is 4.18. The lowest BCUT2D eigenvalue weighted by Crippen LogP contribution is -2.29. The largest absolute Gasteiger partial charge is 0.465 e. The van der Waals surface area contributed by atoms with Gasteiger partial charge in [-0.2, -0.15) is 0 Å². The average molecular weight is 371 g/mol. The Morgan fingerprint density at radius 3 is 2.52 bits per heavy atom. The van der Waals surface area contributed by atoms with Crippen molar-refractivity contribution < 1.29 is 9.53 Å². The summed E-state index contributed by atoms with van der Waals surface area (Å²) in [5.74, 6) is -0.173. The summed E-state index contributed by atoms with van der Waals surface area (Å²) in [5, 5.41) is 4.61. The highest BCUT2D eigenvalue weighted by Gasteiger charge is 2.32. The molecule has 0 amide bonds. The SMILES string of the molecule is CCOC(=O)C(C)(C)Sc1sccc1-c1ccc(C)c2ccccc12. The van der Waals surface area contributed by atoms with Crippen LogP contribution in [-0.4, -0.2) is 17.3 Å². The predicted molar refractivity (Wildman–Crippen MR) is 109 cm³/mol. The molecule has 25 heavy (non-hydrogen) atoms. The monoisotopic (exact) mass is 370 g/mol. The van der Waals surface area contributed by atoms with Crippen LogP contribution in [0.4, 0.5) is 0 Å². The second kappa shape index (κ2) is 7.22. The van der Waals surface area contributed by atoms with E-state index in [1.165, 1.54) is 27.5 Å². The molecule has 0 saturated carbocycles. The van der Waals surface area contributed by atoms with Crippen molar-refractivity contribution in [2.24, 2.45) is 0 Å². The standard InChI is InChI=1S/C21H22O2S2/c1-5-23-20(22)21(3,4)25-19-18(12-13-24-19)17-11-10-14(2)15-8-6-7-9-16(15)17/h6-13H,5H2,1-4H3. The third kappa shape index (κ3) is 3.60. The van der Waals surface area contributed by atoms with Gasteiger partial charge in [0.2, 0.25) is 0 Å². The number of benzene rings is 2. The zero-order chi connectivity index (χ0) is 18.0. The molecule has 0 aliphatic rings. The molecule has 1 heterocycles. The maximum absolute atomic E-state index is 12.3. The Morgan fingerprint density at radius 2 is 1.80 bits per heavy atom. The summed E-state index contributed by atoms with van der Waals surface area (Å²) in [5.41, 5.74) is 3.67. The van der Waals surface area contributed by atoms with Gasteiger partial charge in [-0.15, -0.1) is 11.3 Å². The van der Waals surface area contributed by atoms with Gasteiger partial charge >= 0.3 is 5.97 Å². The minimum absolute atomic E-state index is 0.173. The molecule has 0 spiro atoms. The first-order chi connectivity index (χ1) is 11.9. The Bertz CT molecular complexity index is 909. The van der Waals surface area contributed by atoms with Crippen molar-refractivity contribution >= 4 is 39.8 Å². The van der Waals surface area contributed by atoms with Crippen molar-refractivity contribution in [2.45, 2.75) is 36.7 Å². The van der Waals surface area contributed by atoms with Gasteiger partial charge < -0.3 is 4.74 Å². The molecule has 0 atom stereocenters. The molecule has 4 heteroatoms. The number of hydrogen-bond donors (Lipinski definition) is 0. The number of thioether (sulfide) groups is 1. The van der Waals surface area contributed by atoms with Crippen molar-refractivity contribution in [3.05, 3.63) is 53.4 Å². The van der Waals surface area contributed by atoms with Crippen molar-refractivity contribution in [1.29, 1.82) is 0 Å². The van der Waals surface area contributed by atoms with Gasteiger partial charge in [-0.1, -0.05) is 48.2 Å². The quantitative estimate of drug-likeness (QED) is 0.389. The molecule has 0 unspecified atom stereocenters. The highest BCUT2D eigenvalue weighted by Crippen LogP contribution is 2.44. The van der Waals surface area contributed by atoms with Gasteiger partial charge in [0.15, 0.2) is 0 Å². The molecule has 3 aromatic rings. The second-order valence-electron chi connectivity index (χ2n) is 6.43. The molecular formula is C21H22O2S2. The van der Waals surface area contributed by atoms with Crippen LogP contribution in [0.2, 0.25) is 0 Å². The number of esters is 1. The lowest BCUT2D eigenvalue weighted by atomic mass is 9.97. The fourth-order valence-electron chi connectivity index (χ4n) is 2.84. The van der Waals surface area contributed by atoms with Gasteiger partial charge in [-0.25, -0.2) is 0 Å². The summed E-state index contributed by atoms with van der Waals surface area (Å²) in [4.78, 5) is 12.3. The minimum atomic E-state index is -0.615. The van der Waals surface area contributed by atoms with Crippen molar-refractivity contribution in [3.8, 4) is 11.1 Å². The van der Waals surface area contributed by atoms with E-state index in [0.717, 1.165) is 4.21 Å². The number of rotatable bonds is 5. The van der Waals surface area contributed by atoms with Gasteiger partial charge in [0.25, 0.3) is 0 Å². The zero-order valence-electron chi connectivity index (χ0n) is 15.0. The van der Waals surface area contributed by atoms with Gasteiger partial charge in [0.1, 0.15) is 4.75 Å². The van der Waals surface area contributed by atoms with Crippen LogP contribution in [0.1, 0.15) is 26.3 Å². The highest BCUT2D eigenvalue weighted by atomic mass is 32.2. The molecule has 0 saturated heterocycles. The topological polar surface area (TPSA) is 26.3 Å². The highest BCUT2D eigenvalue weighted by molar-refractivity contribution is 8.03. The van der Waals surface area contributed by atoms with E-state index in [1.807, 2.05) is 20.8 Å². The first-order valence-corrected chi connectivity index (χ1v) is 10.1. The Labute approximate surface area is 157 Å². The number of aryl methyl sites for hydroxylation is 1. The van der Waals surface area contributed by atoms with Crippen LogP contribution in [-0.2, 0) is 9.53 Å². The van der Waals surface area contributed by atoms with Gasteiger partial charge in [0.05, 0.1) is 10.8 Å². The van der Waals surface area contributed by atoms with Gasteiger partial charge in [-0.05, 0) is 61.0 Å². The second-order valence-corrected chi connectivity index (χ2v) is 9.24. The predicted octanol–water partition coefficient (Wildman–Crippen LogP) is 6.31. The van der Waals surface area contributed by atoms with E-state index in [-0.39, 0.29) is 5.97 Å². The van der Waals surface area contributed by atoms with E-state index in [2.05, 4.69) is 54.8 Å². The molecule has 0 aliphatic heterocycles. The van der Waals surface area contributed by atoms with Gasteiger partial charge in [-0.3, -0.25) is 4.79 Å². The fourth-order valence-corrected chi connectivity index (χ4v) is 5.35. The van der Waals surface area contributed by atoms with E-state index < -0.39 is 4.75 Å². The van der Waals surface area contributed by atoms with E-state index in [4.69, 9.17) is 4.74 Å². The van der Waals surface area contributed by atoms with E-state index in [9.17, 15) is 4.79 Å². The number of thiophene rings is 1. The van der Waals surface area contributed by atoms with E-state index in [0.29, 0.717) is 6.61 Å². The van der Waals surface area contributed by atoms with E-state index in [1.54, 1.807) is 23.1 Å². The molecular weight excluding hydrogens is 348 g/mol. The molecule has 1 aromatic heterocycles. The van der Waals surface area contributed by atoms with Crippen LogP contribution in [0.15, 0.2) is 52.1 Å². The number of carbonyl (C=O) groups excluding carboxylic acids is 1. The summed E-state index contributed by atoms with van der Waals surface area (Å²) < 4.78 is 5.76. The lowest BCUT2D eigenvalue weighted by molar-refractivity contribution is -0.145. The van der Waals surface area contributed by atoms with Crippen molar-refractivity contribution in [3.63, 3.8) is 0 Å². The van der Waals surface area contributed by atoms with Crippen LogP contribution >= 0.6 is 23.1 Å². The maximum atomic E-state index is 12.3. The molecule has 130 valence electrons. The zero-order valence-corrected chi connectivity index (χ0v) is 16.6. The molecule has 0 aliphatic carbocycles. The first kappa shape index (κ1) is 18.0. The summed E-state index contributed by atoms with van der Waals surface area (Å²) >= 11 is 3.25. The van der Waals surface area contributed by atoms with Crippen molar-refractivity contribution in [2.75, 3.05) is 6.61 Å². The normalized spacial score (nSPS) is 11.7. The Kier molecular flexibility index (Phi) is 5.21. The number of fused-ring (bicyclic) bond motifs is 1. The summed E-state index contributed by atoms with van der Waals surface area (Å²) in [7, 11) is 0. The van der Waals surface area contributed by atoms with Crippen LogP contribution in [0.3, 0.4) is 0 Å². The van der Waals surface area contributed by atoms with Crippen LogP contribution in [0.25, 0.3) is 21.9 Å². The number of ether oxygens (including phenoxy) is 1. The number of carbonyl (C=O) groups is 1. The molecule has 2 aromatic carbocycles. The van der Waals surface area contributed by atoms with Crippen molar-refractivity contribution in [1.82, 2.24) is 0 Å². The Hall–Kier alpha value is -1.78. The average Bonchev–Trinajstić information content (AvgIpc) is 3.03. The Morgan fingerprint density at radius 1 is 1.08 bits per heavy atom. The smallest absolute Gasteiger partial charge is 0.322 e. The molecule has 0 N–H and O–H groups in total. The summed E-state index contributed by atoms with van der Waals surface area (Å²) in [6.07, 6.45) is 0. The maximum Gasteiger partial charge on any atom is 0.322 e. The minimum Gasteiger partial charge on any atom is -0.465 e. The summed E-state index contributed by atoms with van der Waals surface area (Å²) in [6.45, 7) is 8.23. The molecule has 0 fully saturated rings. The van der Waals surface area contributed by atoms with Crippen LogP contribution in [0.5, 0.6) is 0 Å². The van der Waals surface area contributed by atoms with E-state index >= 15 is 0 Å². The number of hydrogen-bond acceptors (Lipinski definition) is 4.